The first kappa shape index (κ1) is 33.7. The van der Waals surface area contributed by atoms with Gasteiger partial charge in [0.05, 0.1) is 11.1 Å². The predicted molar refractivity (Wildman–Crippen MR) is 253 cm³/mol. The maximum absolute atomic E-state index is 6.51. The number of hydrogen-bond acceptors (Lipinski definition) is 3. The van der Waals surface area contributed by atoms with Crippen molar-refractivity contribution in [2.45, 2.75) is 0 Å². The minimum Gasteiger partial charge on any atom is -0.456 e. The Labute approximate surface area is 345 Å². The number of thiophene rings is 1. The Morgan fingerprint density at radius 2 is 1.02 bits per heavy atom. The van der Waals surface area contributed by atoms with E-state index in [1.165, 1.54) is 69.5 Å². The molecule has 0 N–H and O–H groups in total. The number of rotatable bonds is 6. The molecular weight excluding hydrogens is 735 g/mol. The molecule has 0 saturated carbocycles. The average molecular weight is 770 g/mol. The molecule has 59 heavy (non-hydrogen) atoms. The van der Waals surface area contributed by atoms with Gasteiger partial charge in [-0.05, 0) is 116 Å². The standard InChI is InChI=1S/C56H35NOS/c1-2-14-36(15-3-1)39-32-40(44-22-12-23-48-47-20-9-11-27-54(47)59-56(44)48)34-42(33-39)57(51-24-13-26-53-55(51)49-21-8-10-25-52(49)58-53)41-30-28-37(29-31-41)50-35-38-16-4-5-17-43(38)45-18-6-7-19-46(45)50/h1-35H. The van der Waals surface area contributed by atoms with Gasteiger partial charge in [-0.25, -0.2) is 0 Å². The lowest BCUT2D eigenvalue weighted by Gasteiger charge is -2.28. The zero-order chi connectivity index (χ0) is 38.9. The van der Waals surface area contributed by atoms with Gasteiger partial charge in [0, 0.05) is 36.9 Å². The first-order valence-electron chi connectivity index (χ1n) is 20.1. The second kappa shape index (κ2) is 13.6. The van der Waals surface area contributed by atoms with Crippen LogP contribution in [0.25, 0.3) is 97.0 Å². The Morgan fingerprint density at radius 1 is 0.356 bits per heavy atom. The second-order valence-corrected chi connectivity index (χ2v) is 16.3. The third kappa shape index (κ3) is 5.55. The van der Waals surface area contributed by atoms with Crippen LogP contribution in [0.4, 0.5) is 17.1 Å². The maximum atomic E-state index is 6.51. The van der Waals surface area contributed by atoms with Crippen LogP contribution in [0.15, 0.2) is 217 Å². The van der Waals surface area contributed by atoms with Gasteiger partial charge in [-0.15, -0.1) is 11.3 Å². The van der Waals surface area contributed by atoms with Crippen molar-refractivity contribution in [1.29, 1.82) is 0 Å². The lowest BCUT2D eigenvalue weighted by Crippen LogP contribution is -2.11. The van der Waals surface area contributed by atoms with Crippen LogP contribution < -0.4 is 4.90 Å². The van der Waals surface area contributed by atoms with Crippen molar-refractivity contribution in [1.82, 2.24) is 0 Å². The molecule has 0 atom stereocenters. The van der Waals surface area contributed by atoms with E-state index in [1.807, 2.05) is 17.4 Å². The van der Waals surface area contributed by atoms with Crippen LogP contribution in [0.2, 0.25) is 0 Å². The Bertz CT molecular complexity index is 3560. The molecule has 0 aliphatic heterocycles. The van der Waals surface area contributed by atoms with Gasteiger partial charge in [0.15, 0.2) is 0 Å². The summed E-state index contributed by atoms with van der Waals surface area (Å²) < 4.78 is 9.10. The van der Waals surface area contributed by atoms with E-state index in [4.69, 9.17) is 4.42 Å². The largest absolute Gasteiger partial charge is 0.456 e. The van der Waals surface area contributed by atoms with Crippen molar-refractivity contribution in [2.24, 2.45) is 0 Å². The Morgan fingerprint density at radius 3 is 1.88 bits per heavy atom. The van der Waals surface area contributed by atoms with Crippen LogP contribution in [0.3, 0.4) is 0 Å². The topological polar surface area (TPSA) is 16.4 Å². The molecule has 2 heterocycles. The lowest BCUT2D eigenvalue weighted by atomic mass is 9.93. The van der Waals surface area contributed by atoms with Gasteiger partial charge in [-0.2, -0.15) is 0 Å². The maximum Gasteiger partial charge on any atom is 0.137 e. The van der Waals surface area contributed by atoms with Crippen molar-refractivity contribution in [3.05, 3.63) is 212 Å². The van der Waals surface area contributed by atoms with Crippen molar-refractivity contribution < 1.29 is 4.42 Å². The van der Waals surface area contributed by atoms with Gasteiger partial charge in [-0.3, -0.25) is 0 Å². The highest BCUT2D eigenvalue weighted by Gasteiger charge is 2.22. The fraction of sp³-hybridized carbons (Fsp3) is 0. The number of hydrogen-bond donors (Lipinski definition) is 0. The molecule has 12 aromatic rings. The van der Waals surface area contributed by atoms with E-state index in [2.05, 4.69) is 211 Å². The monoisotopic (exact) mass is 769 g/mol. The molecule has 0 radical (unpaired) electrons. The first-order valence-corrected chi connectivity index (χ1v) is 20.9. The van der Waals surface area contributed by atoms with Crippen LogP contribution in [0.5, 0.6) is 0 Å². The zero-order valence-electron chi connectivity index (χ0n) is 32.0. The summed E-state index contributed by atoms with van der Waals surface area (Å²) >= 11 is 1.87. The van der Waals surface area contributed by atoms with Gasteiger partial charge >= 0.3 is 0 Å². The highest BCUT2D eigenvalue weighted by Crippen LogP contribution is 2.47. The number of furan rings is 1. The summed E-state index contributed by atoms with van der Waals surface area (Å²) in [5.74, 6) is 0. The number of benzene rings is 10. The Hall–Kier alpha value is -7.46. The molecule has 2 aromatic heterocycles. The van der Waals surface area contributed by atoms with Gasteiger partial charge in [0.25, 0.3) is 0 Å². The van der Waals surface area contributed by atoms with E-state index in [0.29, 0.717) is 0 Å². The van der Waals surface area contributed by atoms with Crippen molar-refractivity contribution in [2.75, 3.05) is 4.90 Å². The molecule has 3 heteroatoms. The number of fused-ring (bicyclic) bond motifs is 9. The van der Waals surface area contributed by atoms with E-state index < -0.39 is 0 Å². The molecule has 0 unspecified atom stereocenters. The molecule has 0 fully saturated rings. The van der Waals surface area contributed by atoms with Crippen LogP contribution in [-0.2, 0) is 0 Å². The highest BCUT2D eigenvalue weighted by molar-refractivity contribution is 7.26. The molecule has 10 aromatic carbocycles. The third-order valence-corrected chi connectivity index (χ3v) is 13.0. The number of nitrogens with zero attached hydrogens (tertiary/aromatic N) is 1. The Balaban J connectivity index is 1.11. The third-order valence-electron chi connectivity index (χ3n) is 11.8. The smallest absolute Gasteiger partial charge is 0.137 e. The molecule has 0 bridgehead atoms. The first-order chi connectivity index (χ1) is 29.2. The molecule has 0 aliphatic rings. The summed E-state index contributed by atoms with van der Waals surface area (Å²) in [6, 6.07) is 77.1. The van der Waals surface area contributed by atoms with Gasteiger partial charge in [-0.1, -0.05) is 152 Å². The average Bonchev–Trinajstić information content (AvgIpc) is 3.89. The summed E-state index contributed by atoms with van der Waals surface area (Å²) in [4.78, 5) is 2.42. The molecular formula is C56H35NOS. The predicted octanol–water partition coefficient (Wildman–Crippen LogP) is 16.7. The van der Waals surface area contributed by atoms with Crippen molar-refractivity contribution >= 4 is 92.1 Å². The minimum absolute atomic E-state index is 0.863. The summed E-state index contributed by atoms with van der Waals surface area (Å²) in [5, 5.41) is 9.80. The highest BCUT2D eigenvalue weighted by atomic mass is 32.1. The molecule has 0 aliphatic carbocycles. The van der Waals surface area contributed by atoms with E-state index in [9.17, 15) is 0 Å². The second-order valence-electron chi connectivity index (χ2n) is 15.2. The fourth-order valence-electron chi connectivity index (χ4n) is 9.12. The molecule has 276 valence electrons. The van der Waals surface area contributed by atoms with E-state index in [1.54, 1.807) is 0 Å². The molecule has 0 saturated heterocycles. The van der Waals surface area contributed by atoms with E-state index in [-0.39, 0.29) is 0 Å². The van der Waals surface area contributed by atoms with Gasteiger partial charge < -0.3 is 9.32 Å². The van der Waals surface area contributed by atoms with Crippen LogP contribution in [0, 0.1) is 0 Å². The summed E-state index contributed by atoms with van der Waals surface area (Å²) in [7, 11) is 0. The number of para-hydroxylation sites is 1. The summed E-state index contributed by atoms with van der Waals surface area (Å²) in [5.41, 5.74) is 12.1. The van der Waals surface area contributed by atoms with E-state index in [0.717, 1.165) is 44.6 Å². The summed E-state index contributed by atoms with van der Waals surface area (Å²) in [6.45, 7) is 0. The van der Waals surface area contributed by atoms with E-state index >= 15 is 0 Å². The lowest BCUT2D eigenvalue weighted by molar-refractivity contribution is 0.669. The molecule has 0 spiro atoms. The molecule has 12 rings (SSSR count). The van der Waals surface area contributed by atoms with Crippen LogP contribution in [0.1, 0.15) is 0 Å². The van der Waals surface area contributed by atoms with Gasteiger partial charge in [0.2, 0.25) is 0 Å². The molecule has 2 nitrogen and oxygen atoms in total. The number of anilines is 3. The van der Waals surface area contributed by atoms with Gasteiger partial charge in [0.1, 0.15) is 11.2 Å². The van der Waals surface area contributed by atoms with Crippen LogP contribution in [-0.4, -0.2) is 0 Å². The van der Waals surface area contributed by atoms with Crippen molar-refractivity contribution in [3.8, 4) is 33.4 Å². The Kier molecular flexibility index (Phi) is 7.75. The zero-order valence-corrected chi connectivity index (χ0v) is 32.8. The normalized spacial score (nSPS) is 11.7. The van der Waals surface area contributed by atoms with Crippen molar-refractivity contribution in [3.63, 3.8) is 0 Å². The molecule has 0 amide bonds. The fourth-order valence-corrected chi connectivity index (χ4v) is 10.4. The quantitative estimate of drug-likeness (QED) is 0.157. The SMILES string of the molecule is c1ccc(-c2cc(-c3cccc4c3sc3ccccc34)cc(N(c3ccc(-c4cc5ccccc5c5ccccc45)cc3)c3cccc4oc5ccccc5c34)c2)cc1. The minimum atomic E-state index is 0.863. The van der Waals surface area contributed by atoms with Crippen LogP contribution >= 0.6 is 11.3 Å². The summed E-state index contributed by atoms with van der Waals surface area (Å²) in [6.07, 6.45) is 0.